The highest BCUT2D eigenvalue weighted by Crippen LogP contribution is 2.21. The summed E-state index contributed by atoms with van der Waals surface area (Å²) in [5.74, 6) is 0. The summed E-state index contributed by atoms with van der Waals surface area (Å²) in [6.45, 7) is 2.17. The number of hydrogen-bond donors (Lipinski definition) is 1. The number of aryl methyl sites for hydroxylation is 1. The van der Waals surface area contributed by atoms with E-state index in [-0.39, 0.29) is 0 Å². The Hall–Kier alpha value is 0.240. The van der Waals surface area contributed by atoms with E-state index in [4.69, 9.17) is 0 Å². The van der Waals surface area contributed by atoms with Crippen LogP contribution in [0.25, 0.3) is 0 Å². The molecule has 0 aliphatic carbocycles. The van der Waals surface area contributed by atoms with Crippen LogP contribution >= 0.6 is 31.9 Å². The van der Waals surface area contributed by atoms with Crippen molar-refractivity contribution in [3.05, 3.63) is 20.8 Å². The van der Waals surface area contributed by atoms with Gasteiger partial charge in [0.05, 0.1) is 9.21 Å². The molecule has 0 spiro atoms. The summed E-state index contributed by atoms with van der Waals surface area (Å²) in [7, 11) is 0. The Morgan fingerprint density at radius 1 is 1.50 bits per heavy atom. The van der Waals surface area contributed by atoms with Crippen LogP contribution in [0.3, 0.4) is 0 Å². The van der Waals surface area contributed by atoms with E-state index in [1.807, 2.05) is 0 Å². The Balaban J connectivity index is 2.81. The quantitative estimate of drug-likeness (QED) is 0.844. The van der Waals surface area contributed by atoms with Crippen LogP contribution in [0.2, 0.25) is 0 Å². The zero-order valence-corrected chi connectivity index (χ0v) is 8.92. The van der Waals surface area contributed by atoms with Crippen LogP contribution in [-0.2, 0) is 6.42 Å². The van der Waals surface area contributed by atoms with Crippen molar-refractivity contribution < 1.29 is 0 Å². The van der Waals surface area contributed by atoms with E-state index >= 15 is 0 Å². The summed E-state index contributed by atoms with van der Waals surface area (Å²) in [6, 6.07) is 2.10. The number of rotatable bonds is 2. The molecule has 0 saturated carbocycles. The van der Waals surface area contributed by atoms with E-state index in [9.17, 15) is 0 Å². The van der Waals surface area contributed by atoms with E-state index in [1.165, 1.54) is 12.0 Å². The van der Waals surface area contributed by atoms with E-state index in [2.05, 4.69) is 49.8 Å². The molecule has 3 heteroatoms. The maximum atomic E-state index is 3.43. The number of halogens is 2. The summed E-state index contributed by atoms with van der Waals surface area (Å²) >= 11 is 6.80. The Morgan fingerprint density at radius 3 is 2.60 bits per heavy atom. The monoisotopic (exact) mass is 265 g/mol. The minimum Gasteiger partial charge on any atom is -0.344 e. The van der Waals surface area contributed by atoms with Crippen molar-refractivity contribution in [1.29, 1.82) is 0 Å². The Bertz CT molecular complexity index is 217. The lowest BCUT2D eigenvalue weighted by Gasteiger charge is -1.91. The van der Waals surface area contributed by atoms with Crippen molar-refractivity contribution >= 4 is 31.9 Å². The zero-order chi connectivity index (χ0) is 7.56. The summed E-state index contributed by atoms with van der Waals surface area (Å²) in [5.41, 5.74) is 1.34. The standard InChI is InChI=1S/C7H9Br2N/c1-2-3-5-4-6(8)10-7(5)9/h4,10H,2-3H2,1H3. The molecule has 0 amide bonds. The van der Waals surface area contributed by atoms with Crippen molar-refractivity contribution in [3.63, 3.8) is 0 Å². The van der Waals surface area contributed by atoms with E-state index in [0.29, 0.717) is 0 Å². The number of aromatic nitrogens is 1. The van der Waals surface area contributed by atoms with Crippen molar-refractivity contribution in [3.8, 4) is 0 Å². The maximum absolute atomic E-state index is 3.43. The summed E-state index contributed by atoms with van der Waals surface area (Å²) < 4.78 is 2.14. The number of H-pyrrole nitrogens is 1. The molecule has 0 aromatic carbocycles. The molecule has 0 aliphatic heterocycles. The Morgan fingerprint density at radius 2 is 2.20 bits per heavy atom. The van der Waals surface area contributed by atoms with Gasteiger partial charge < -0.3 is 4.98 Å². The fraction of sp³-hybridized carbons (Fsp3) is 0.429. The third-order valence-electron chi connectivity index (χ3n) is 1.33. The minimum absolute atomic E-state index is 1.04. The van der Waals surface area contributed by atoms with Gasteiger partial charge in [0.15, 0.2) is 0 Å². The topological polar surface area (TPSA) is 15.8 Å². The van der Waals surface area contributed by atoms with E-state index < -0.39 is 0 Å². The first kappa shape index (κ1) is 8.34. The second-order valence-corrected chi connectivity index (χ2v) is 3.85. The SMILES string of the molecule is CCCc1cc(Br)[nH]c1Br. The first-order valence-corrected chi connectivity index (χ1v) is 4.85. The second-order valence-electron chi connectivity index (χ2n) is 2.21. The molecule has 1 heterocycles. The van der Waals surface area contributed by atoms with Crippen molar-refractivity contribution in [2.75, 3.05) is 0 Å². The van der Waals surface area contributed by atoms with Gasteiger partial charge in [-0.25, -0.2) is 0 Å². The Labute approximate surface area is 77.5 Å². The third-order valence-corrected chi connectivity index (χ3v) is 2.47. The highest BCUT2D eigenvalue weighted by atomic mass is 79.9. The smallest absolute Gasteiger partial charge is 0.0861 e. The predicted molar refractivity (Wildman–Crippen MR) is 50.2 cm³/mol. The lowest BCUT2D eigenvalue weighted by atomic mass is 10.2. The first-order valence-electron chi connectivity index (χ1n) is 3.27. The maximum Gasteiger partial charge on any atom is 0.0861 e. The van der Waals surface area contributed by atoms with Gasteiger partial charge in [-0.05, 0) is 49.9 Å². The molecule has 1 N–H and O–H groups in total. The van der Waals surface area contributed by atoms with Crippen LogP contribution < -0.4 is 0 Å². The van der Waals surface area contributed by atoms with Crippen LogP contribution in [-0.4, -0.2) is 4.98 Å². The molecule has 10 heavy (non-hydrogen) atoms. The van der Waals surface area contributed by atoms with E-state index in [1.54, 1.807) is 0 Å². The summed E-state index contributed by atoms with van der Waals surface area (Å²) in [5, 5.41) is 0. The fourth-order valence-corrected chi connectivity index (χ4v) is 2.16. The molecule has 0 unspecified atom stereocenters. The molecular weight excluding hydrogens is 258 g/mol. The lowest BCUT2D eigenvalue weighted by Crippen LogP contribution is -1.78. The van der Waals surface area contributed by atoms with Crippen LogP contribution in [0.4, 0.5) is 0 Å². The zero-order valence-electron chi connectivity index (χ0n) is 5.75. The number of hydrogen-bond acceptors (Lipinski definition) is 0. The molecule has 0 fully saturated rings. The molecule has 1 aromatic heterocycles. The first-order chi connectivity index (χ1) is 4.74. The summed E-state index contributed by atoms with van der Waals surface area (Å²) in [4.78, 5) is 3.13. The molecule has 56 valence electrons. The molecule has 1 nitrogen and oxygen atoms in total. The van der Waals surface area contributed by atoms with Gasteiger partial charge in [-0.2, -0.15) is 0 Å². The minimum atomic E-state index is 1.04. The van der Waals surface area contributed by atoms with Crippen LogP contribution in [0.1, 0.15) is 18.9 Å². The van der Waals surface area contributed by atoms with Gasteiger partial charge in [0, 0.05) is 0 Å². The number of aromatic amines is 1. The largest absolute Gasteiger partial charge is 0.344 e. The normalized spacial score (nSPS) is 10.3. The predicted octanol–water partition coefficient (Wildman–Crippen LogP) is 3.49. The fourth-order valence-electron chi connectivity index (χ4n) is 0.889. The molecule has 1 aromatic rings. The molecule has 0 radical (unpaired) electrons. The van der Waals surface area contributed by atoms with Crippen LogP contribution in [0.15, 0.2) is 15.3 Å². The second kappa shape index (κ2) is 3.58. The molecule has 0 bridgehead atoms. The molecule has 0 saturated heterocycles. The third kappa shape index (κ3) is 1.86. The van der Waals surface area contributed by atoms with Gasteiger partial charge in [0.2, 0.25) is 0 Å². The average Bonchev–Trinajstić information content (AvgIpc) is 2.13. The molecule has 0 aliphatic rings. The van der Waals surface area contributed by atoms with Crippen LogP contribution in [0, 0.1) is 0 Å². The van der Waals surface area contributed by atoms with Crippen LogP contribution in [0.5, 0.6) is 0 Å². The van der Waals surface area contributed by atoms with Gasteiger partial charge >= 0.3 is 0 Å². The molecule has 0 atom stereocenters. The van der Waals surface area contributed by atoms with Gasteiger partial charge in [0.1, 0.15) is 0 Å². The highest BCUT2D eigenvalue weighted by Gasteiger charge is 2.01. The summed E-state index contributed by atoms with van der Waals surface area (Å²) in [6.07, 6.45) is 2.31. The highest BCUT2D eigenvalue weighted by molar-refractivity contribution is 9.11. The van der Waals surface area contributed by atoms with Crippen molar-refractivity contribution in [2.24, 2.45) is 0 Å². The molecule has 1 rings (SSSR count). The Kier molecular flexibility index (Phi) is 2.98. The van der Waals surface area contributed by atoms with E-state index in [0.717, 1.165) is 15.6 Å². The average molecular weight is 267 g/mol. The lowest BCUT2D eigenvalue weighted by molar-refractivity contribution is 0.918. The van der Waals surface area contributed by atoms with Crippen molar-refractivity contribution in [2.45, 2.75) is 19.8 Å². The van der Waals surface area contributed by atoms with Gasteiger partial charge in [-0.1, -0.05) is 13.3 Å². The van der Waals surface area contributed by atoms with Gasteiger partial charge in [0.25, 0.3) is 0 Å². The molecular formula is C7H9Br2N. The van der Waals surface area contributed by atoms with Gasteiger partial charge in [-0.3, -0.25) is 0 Å². The number of nitrogens with one attached hydrogen (secondary N) is 1. The van der Waals surface area contributed by atoms with Crippen molar-refractivity contribution in [1.82, 2.24) is 4.98 Å². The van der Waals surface area contributed by atoms with Gasteiger partial charge in [-0.15, -0.1) is 0 Å².